The van der Waals surface area contributed by atoms with Crippen molar-refractivity contribution in [2.45, 2.75) is 37.5 Å². The third-order valence-corrected chi connectivity index (χ3v) is 4.08. The predicted octanol–water partition coefficient (Wildman–Crippen LogP) is 3.28. The summed E-state index contributed by atoms with van der Waals surface area (Å²) in [5.74, 6) is -0.435. The fraction of sp³-hybridized carbons (Fsp3) is 0.500. The van der Waals surface area contributed by atoms with Gasteiger partial charge in [0, 0.05) is 0 Å². The van der Waals surface area contributed by atoms with Gasteiger partial charge in [-0.2, -0.15) is 0 Å². The van der Waals surface area contributed by atoms with Crippen molar-refractivity contribution in [3.8, 4) is 0 Å². The maximum Gasteiger partial charge on any atom is 0.310 e. The number of carbonyl (C=O) groups is 1. The summed E-state index contributed by atoms with van der Waals surface area (Å²) in [7, 11) is 0. The summed E-state index contributed by atoms with van der Waals surface area (Å²) in [6.45, 7) is 0. The summed E-state index contributed by atoms with van der Waals surface area (Å²) in [6, 6.07) is 4.59. The monoisotopic (exact) mass is 234 g/mol. The van der Waals surface area contributed by atoms with Crippen molar-refractivity contribution < 1.29 is 14.3 Å². The van der Waals surface area contributed by atoms with E-state index in [0.29, 0.717) is 18.3 Å². The maximum absolute atomic E-state index is 13.3. The lowest BCUT2D eigenvalue weighted by molar-refractivity contribution is -0.139. The molecule has 2 aliphatic carbocycles. The van der Waals surface area contributed by atoms with Gasteiger partial charge in [-0.1, -0.05) is 6.07 Å². The quantitative estimate of drug-likeness (QED) is 0.852. The van der Waals surface area contributed by atoms with E-state index < -0.39 is 11.9 Å². The Balaban J connectivity index is 2.05. The van der Waals surface area contributed by atoms with Gasteiger partial charge in [-0.15, -0.1) is 0 Å². The molecule has 3 rings (SSSR count). The Labute approximate surface area is 99.5 Å². The molecule has 17 heavy (non-hydrogen) atoms. The molecule has 0 aliphatic heterocycles. The average molecular weight is 234 g/mol. The zero-order chi connectivity index (χ0) is 12.0. The van der Waals surface area contributed by atoms with Crippen LogP contribution in [0.1, 0.15) is 48.6 Å². The molecule has 1 fully saturated rings. The molecule has 2 aliphatic rings. The van der Waals surface area contributed by atoms with Crippen LogP contribution in [0.5, 0.6) is 0 Å². The lowest BCUT2D eigenvalue weighted by atomic mass is 9.74. The molecule has 2 nitrogen and oxygen atoms in total. The van der Waals surface area contributed by atoms with Crippen molar-refractivity contribution in [3.05, 3.63) is 35.1 Å². The highest BCUT2D eigenvalue weighted by Crippen LogP contribution is 2.50. The molecule has 0 amide bonds. The molecule has 3 heteroatoms. The van der Waals surface area contributed by atoms with Crippen LogP contribution in [0.25, 0.3) is 0 Å². The number of rotatable bonds is 2. The summed E-state index contributed by atoms with van der Waals surface area (Å²) in [4.78, 5) is 11.2. The first-order valence-electron chi connectivity index (χ1n) is 6.19. The molecule has 1 saturated carbocycles. The van der Waals surface area contributed by atoms with Gasteiger partial charge in [-0.25, -0.2) is 4.39 Å². The Hall–Kier alpha value is -1.38. The molecule has 0 bridgehead atoms. The van der Waals surface area contributed by atoms with Gasteiger partial charge < -0.3 is 5.11 Å². The topological polar surface area (TPSA) is 37.3 Å². The van der Waals surface area contributed by atoms with E-state index in [1.54, 1.807) is 12.1 Å². The van der Waals surface area contributed by atoms with E-state index in [4.69, 9.17) is 0 Å². The Morgan fingerprint density at radius 1 is 1.18 bits per heavy atom. The zero-order valence-electron chi connectivity index (χ0n) is 9.53. The van der Waals surface area contributed by atoms with Gasteiger partial charge in [-0.05, 0) is 60.8 Å². The molecule has 0 aromatic heterocycles. The van der Waals surface area contributed by atoms with Crippen molar-refractivity contribution in [1.82, 2.24) is 0 Å². The van der Waals surface area contributed by atoms with Crippen molar-refractivity contribution in [3.63, 3.8) is 0 Å². The number of hydrogen-bond donors (Lipinski definition) is 1. The number of fused-ring (bicyclic) bond motifs is 1. The zero-order valence-corrected chi connectivity index (χ0v) is 9.53. The van der Waals surface area contributed by atoms with Crippen LogP contribution in [-0.2, 0) is 4.79 Å². The summed E-state index contributed by atoms with van der Waals surface area (Å²) in [5, 5.41) is 9.20. The van der Waals surface area contributed by atoms with E-state index in [9.17, 15) is 14.3 Å². The third kappa shape index (κ3) is 1.84. The van der Waals surface area contributed by atoms with Crippen LogP contribution in [-0.4, -0.2) is 11.1 Å². The van der Waals surface area contributed by atoms with Gasteiger partial charge in [0.2, 0.25) is 0 Å². The van der Waals surface area contributed by atoms with Crippen molar-refractivity contribution in [2.75, 3.05) is 0 Å². The highest BCUT2D eigenvalue weighted by atomic mass is 19.1. The molecule has 0 saturated heterocycles. The summed E-state index contributed by atoms with van der Waals surface area (Å²) >= 11 is 0. The SMILES string of the molecule is O=C(O)C1CCC(C2CC2)c2cc(F)ccc21. The average Bonchev–Trinajstić information content (AvgIpc) is 3.11. The van der Waals surface area contributed by atoms with Gasteiger partial charge >= 0.3 is 5.97 Å². The van der Waals surface area contributed by atoms with Crippen LogP contribution in [0.4, 0.5) is 4.39 Å². The Kier molecular flexibility index (Phi) is 2.42. The normalized spacial score (nSPS) is 27.6. The Bertz CT molecular complexity index is 465. The molecule has 1 aromatic carbocycles. The van der Waals surface area contributed by atoms with Crippen molar-refractivity contribution >= 4 is 5.97 Å². The first-order valence-corrected chi connectivity index (χ1v) is 6.19. The number of carboxylic acids is 1. The highest BCUT2D eigenvalue weighted by molar-refractivity contribution is 5.77. The molecule has 0 heterocycles. The minimum absolute atomic E-state index is 0.250. The van der Waals surface area contributed by atoms with Gasteiger partial charge in [0.25, 0.3) is 0 Å². The van der Waals surface area contributed by atoms with Gasteiger partial charge in [0.05, 0.1) is 5.92 Å². The highest BCUT2D eigenvalue weighted by Gasteiger charge is 2.39. The molecule has 1 N–H and O–H groups in total. The summed E-state index contributed by atoms with van der Waals surface area (Å²) in [5.41, 5.74) is 1.79. The number of halogens is 1. The second kappa shape index (κ2) is 3.83. The van der Waals surface area contributed by atoms with Crippen molar-refractivity contribution in [1.29, 1.82) is 0 Å². The number of hydrogen-bond acceptors (Lipinski definition) is 1. The summed E-state index contributed by atoms with van der Waals surface area (Å²) < 4.78 is 13.3. The molecule has 1 aromatic rings. The van der Waals surface area contributed by atoms with Gasteiger partial charge in [0.1, 0.15) is 5.82 Å². The number of carboxylic acid groups (broad SMARTS) is 1. The van der Waals surface area contributed by atoms with E-state index in [1.165, 1.54) is 18.9 Å². The fourth-order valence-corrected chi connectivity index (χ4v) is 3.09. The van der Waals surface area contributed by atoms with E-state index in [2.05, 4.69) is 0 Å². The van der Waals surface area contributed by atoms with Crippen LogP contribution in [0.3, 0.4) is 0 Å². The largest absolute Gasteiger partial charge is 0.481 e. The Morgan fingerprint density at radius 3 is 2.59 bits per heavy atom. The van der Waals surface area contributed by atoms with E-state index >= 15 is 0 Å². The van der Waals surface area contributed by atoms with Gasteiger partial charge in [-0.3, -0.25) is 4.79 Å². The first kappa shape index (κ1) is 10.8. The van der Waals surface area contributed by atoms with Crippen LogP contribution in [0.2, 0.25) is 0 Å². The van der Waals surface area contributed by atoms with E-state index in [0.717, 1.165) is 17.5 Å². The third-order valence-electron chi connectivity index (χ3n) is 4.08. The summed E-state index contributed by atoms with van der Waals surface area (Å²) in [6.07, 6.45) is 3.99. The molecular weight excluding hydrogens is 219 g/mol. The molecule has 2 atom stereocenters. The maximum atomic E-state index is 13.3. The standard InChI is InChI=1S/C14H15FO2/c15-9-3-4-11-12(14(16)17)6-5-10(8-1-2-8)13(11)7-9/h3-4,7-8,10,12H,1-2,5-6H2,(H,16,17). The Morgan fingerprint density at radius 2 is 1.94 bits per heavy atom. The second-order valence-corrected chi connectivity index (χ2v) is 5.19. The lowest BCUT2D eigenvalue weighted by Crippen LogP contribution is -2.21. The van der Waals surface area contributed by atoms with Gasteiger partial charge in [0.15, 0.2) is 0 Å². The van der Waals surface area contributed by atoms with Crippen molar-refractivity contribution in [2.24, 2.45) is 5.92 Å². The number of benzene rings is 1. The molecule has 0 radical (unpaired) electrons. The van der Waals surface area contributed by atoms with Crippen LogP contribution < -0.4 is 0 Å². The van der Waals surface area contributed by atoms with E-state index in [-0.39, 0.29) is 5.82 Å². The van der Waals surface area contributed by atoms with Crippen LogP contribution >= 0.6 is 0 Å². The molecule has 0 spiro atoms. The van der Waals surface area contributed by atoms with E-state index in [1.807, 2.05) is 0 Å². The minimum atomic E-state index is -0.785. The number of aliphatic carboxylic acids is 1. The van der Waals surface area contributed by atoms with Crippen LogP contribution in [0, 0.1) is 11.7 Å². The predicted molar refractivity (Wildman–Crippen MR) is 61.5 cm³/mol. The fourth-order valence-electron chi connectivity index (χ4n) is 3.09. The van der Waals surface area contributed by atoms with Crippen LogP contribution in [0.15, 0.2) is 18.2 Å². The smallest absolute Gasteiger partial charge is 0.310 e. The molecule has 90 valence electrons. The second-order valence-electron chi connectivity index (χ2n) is 5.19. The first-order chi connectivity index (χ1) is 8.16. The minimum Gasteiger partial charge on any atom is -0.481 e. The lowest BCUT2D eigenvalue weighted by Gasteiger charge is -2.29. The molecule has 2 unspecified atom stereocenters. The molecular formula is C14H15FO2.